The average molecular weight is 364 g/mol. The number of piperidine rings is 1. The van der Waals surface area contributed by atoms with Crippen LogP contribution in [0.15, 0.2) is 41.4 Å². The van der Waals surface area contributed by atoms with Crippen molar-refractivity contribution in [3.05, 3.63) is 64.2 Å². The summed E-state index contributed by atoms with van der Waals surface area (Å²) >= 11 is 0. The summed E-state index contributed by atoms with van der Waals surface area (Å²) in [6, 6.07) is 11.9. The van der Waals surface area contributed by atoms with Crippen molar-refractivity contribution < 1.29 is 9.53 Å². The van der Waals surface area contributed by atoms with Crippen LogP contribution in [0, 0.1) is 20.8 Å². The molecule has 0 atom stereocenters. The van der Waals surface area contributed by atoms with E-state index in [4.69, 9.17) is 4.74 Å². The Morgan fingerprint density at radius 3 is 2.44 bits per heavy atom. The van der Waals surface area contributed by atoms with Crippen molar-refractivity contribution in [3.63, 3.8) is 0 Å². The van der Waals surface area contributed by atoms with Gasteiger partial charge in [-0.15, -0.1) is 0 Å². The molecule has 4 heteroatoms. The molecule has 1 aliphatic heterocycles. The third-order valence-corrected chi connectivity index (χ3v) is 5.00. The first-order valence-corrected chi connectivity index (χ1v) is 9.65. The number of ether oxygens (including phenoxy) is 1. The van der Waals surface area contributed by atoms with Gasteiger partial charge in [-0.25, -0.2) is 9.79 Å². The summed E-state index contributed by atoms with van der Waals surface area (Å²) < 4.78 is 5.50. The molecular formula is C23H28N2O2. The van der Waals surface area contributed by atoms with Crippen LogP contribution in [0.2, 0.25) is 0 Å². The molecule has 0 amide bonds. The van der Waals surface area contributed by atoms with E-state index in [1.54, 1.807) is 0 Å². The van der Waals surface area contributed by atoms with E-state index >= 15 is 0 Å². The molecule has 1 fully saturated rings. The predicted molar refractivity (Wildman–Crippen MR) is 110 cm³/mol. The predicted octanol–water partition coefficient (Wildman–Crippen LogP) is 5.11. The highest BCUT2D eigenvalue weighted by Gasteiger charge is 2.14. The lowest BCUT2D eigenvalue weighted by Crippen LogP contribution is -2.28. The maximum Gasteiger partial charge on any atom is 0.338 e. The van der Waals surface area contributed by atoms with Gasteiger partial charge in [0.1, 0.15) is 6.61 Å². The fourth-order valence-electron chi connectivity index (χ4n) is 3.25. The van der Waals surface area contributed by atoms with Crippen LogP contribution in [0.1, 0.15) is 51.9 Å². The van der Waals surface area contributed by atoms with Crippen molar-refractivity contribution in [2.75, 3.05) is 13.1 Å². The molecule has 2 aromatic rings. The number of nitrogens with zero attached hydrogens (tertiary/aromatic N) is 2. The lowest BCUT2D eigenvalue weighted by molar-refractivity contribution is 0.0472. The van der Waals surface area contributed by atoms with Crippen LogP contribution in [-0.4, -0.2) is 30.3 Å². The lowest BCUT2D eigenvalue weighted by atomic mass is 10.0. The maximum absolute atomic E-state index is 12.5. The van der Waals surface area contributed by atoms with Crippen LogP contribution in [0.5, 0.6) is 0 Å². The molecule has 1 saturated heterocycles. The first kappa shape index (κ1) is 19.2. The minimum Gasteiger partial charge on any atom is -0.457 e. The Labute approximate surface area is 161 Å². The van der Waals surface area contributed by atoms with Gasteiger partial charge >= 0.3 is 5.97 Å². The van der Waals surface area contributed by atoms with E-state index in [1.807, 2.05) is 63.5 Å². The van der Waals surface area contributed by atoms with Crippen molar-refractivity contribution in [3.8, 4) is 0 Å². The third kappa shape index (κ3) is 5.19. The molecule has 0 aliphatic carbocycles. The number of rotatable bonds is 5. The highest BCUT2D eigenvalue weighted by atomic mass is 16.5. The Balaban J connectivity index is 1.66. The first-order chi connectivity index (χ1) is 13.0. The molecule has 142 valence electrons. The second-order valence-corrected chi connectivity index (χ2v) is 7.36. The summed E-state index contributed by atoms with van der Waals surface area (Å²) in [7, 11) is 0. The SMILES string of the molecule is Cc1ccc(COC(=O)c2cc(C)c(N=CN3CCCCC3)cc2C)cc1. The van der Waals surface area contributed by atoms with Gasteiger partial charge in [0.15, 0.2) is 0 Å². The van der Waals surface area contributed by atoms with E-state index in [0.29, 0.717) is 5.56 Å². The van der Waals surface area contributed by atoms with Crippen molar-refractivity contribution >= 4 is 18.0 Å². The Morgan fingerprint density at radius 1 is 1.04 bits per heavy atom. The molecule has 0 radical (unpaired) electrons. The van der Waals surface area contributed by atoms with Gasteiger partial charge in [0.05, 0.1) is 17.6 Å². The maximum atomic E-state index is 12.5. The number of carbonyl (C=O) groups is 1. The topological polar surface area (TPSA) is 41.9 Å². The molecule has 0 aromatic heterocycles. The van der Waals surface area contributed by atoms with Crippen molar-refractivity contribution in [1.29, 1.82) is 0 Å². The van der Waals surface area contributed by atoms with Crippen LogP contribution < -0.4 is 0 Å². The number of benzene rings is 2. The summed E-state index contributed by atoms with van der Waals surface area (Å²) in [5, 5.41) is 0. The number of likely N-dealkylation sites (tertiary alicyclic amines) is 1. The van der Waals surface area contributed by atoms with E-state index in [0.717, 1.165) is 35.5 Å². The molecular weight excluding hydrogens is 336 g/mol. The Bertz CT molecular complexity index is 819. The van der Waals surface area contributed by atoms with Crippen LogP contribution in [0.25, 0.3) is 0 Å². The number of carbonyl (C=O) groups excluding carboxylic acids is 1. The number of aryl methyl sites for hydroxylation is 3. The molecule has 1 heterocycles. The van der Waals surface area contributed by atoms with Gasteiger partial charge in [0.25, 0.3) is 0 Å². The Kier molecular flexibility index (Phi) is 6.28. The molecule has 0 unspecified atom stereocenters. The minimum absolute atomic E-state index is 0.284. The average Bonchev–Trinajstić information content (AvgIpc) is 2.68. The molecule has 0 N–H and O–H groups in total. The summed E-state index contributed by atoms with van der Waals surface area (Å²) in [6.07, 6.45) is 5.71. The molecule has 27 heavy (non-hydrogen) atoms. The number of hydrogen-bond donors (Lipinski definition) is 0. The summed E-state index contributed by atoms with van der Waals surface area (Å²) in [4.78, 5) is 19.4. The molecule has 0 saturated carbocycles. The molecule has 3 rings (SSSR count). The summed E-state index contributed by atoms with van der Waals surface area (Å²) in [6.45, 7) is 8.39. The molecule has 0 spiro atoms. The van der Waals surface area contributed by atoms with E-state index < -0.39 is 0 Å². The zero-order valence-electron chi connectivity index (χ0n) is 16.5. The van der Waals surface area contributed by atoms with Gasteiger partial charge in [-0.2, -0.15) is 0 Å². The number of hydrogen-bond acceptors (Lipinski definition) is 3. The number of esters is 1. The fourth-order valence-corrected chi connectivity index (χ4v) is 3.25. The van der Waals surface area contributed by atoms with Crippen molar-refractivity contribution in [2.45, 2.75) is 46.6 Å². The second-order valence-electron chi connectivity index (χ2n) is 7.36. The van der Waals surface area contributed by atoms with Gasteiger partial charge in [0, 0.05) is 13.1 Å². The Hall–Kier alpha value is -2.62. The van der Waals surface area contributed by atoms with Crippen molar-refractivity contribution in [2.24, 2.45) is 4.99 Å². The summed E-state index contributed by atoms with van der Waals surface area (Å²) in [5.41, 5.74) is 5.57. The van der Waals surface area contributed by atoms with Gasteiger partial charge in [-0.05, 0) is 68.9 Å². The van der Waals surface area contributed by atoms with E-state index in [2.05, 4.69) is 9.89 Å². The van der Waals surface area contributed by atoms with Crippen molar-refractivity contribution in [1.82, 2.24) is 4.90 Å². The highest BCUT2D eigenvalue weighted by Crippen LogP contribution is 2.24. The van der Waals surface area contributed by atoms with Crippen LogP contribution in [0.3, 0.4) is 0 Å². The molecule has 2 aromatic carbocycles. The van der Waals surface area contributed by atoms with E-state index in [1.165, 1.54) is 24.8 Å². The Morgan fingerprint density at radius 2 is 1.74 bits per heavy atom. The van der Waals surface area contributed by atoms with Gasteiger partial charge in [-0.1, -0.05) is 29.8 Å². The minimum atomic E-state index is -0.289. The van der Waals surface area contributed by atoms with Gasteiger partial charge in [-0.3, -0.25) is 0 Å². The molecule has 1 aliphatic rings. The third-order valence-electron chi connectivity index (χ3n) is 5.00. The van der Waals surface area contributed by atoms with E-state index in [-0.39, 0.29) is 12.6 Å². The van der Waals surface area contributed by atoms with Crippen LogP contribution >= 0.6 is 0 Å². The standard InChI is InChI=1S/C23H28N2O2/c1-17-7-9-20(10-8-17)15-27-23(26)21-13-19(3)22(14-18(21)2)24-16-25-11-5-4-6-12-25/h7-10,13-14,16H,4-6,11-12,15H2,1-3H3. The highest BCUT2D eigenvalue weighted by molar-refractivity contribution is 5.92. The monoisotopic (exact) mass is 364 g/mol. The number of aliphatic imine (C=N–C) groups is 1. The zero-order valence-corrected chi connectivity index (χ0v) is 16.5. The summed E-state index contributed by atoms with van der Waals surface area (Å²) in [5.74, 6) is -0.289. The second kappa shape index (κ2) is 8.85. The van der Waals surface area contributed by atoms with Gasteiger partial charge in [0.2, 0.25) is 0 Å². The van der Waals surface area contributed by atoms with E-state index in [9.17, 15) is 4.79 Å². The lowest BCUT2D eigenvalue weighted by Gasteiger charge is -2.23. The van der Waals surface area contributed by atoms with Gasteiger partial charge < -0.3 is 9.64 Å². The zero-order chi connectivity index (χ0) is 19.2. The van der Waals surface area contributed by atoms with Crippen LogP contribution in [-0.2, 0) is 11.3 Å². The van der Waals surface area contributed by atoms with Crippen LogP contribution in [0.4, 0.5) is 5.69 Å². The molecule has 4 nitrogen and oxygen atoms in total. The largest absolute Gasteiger partial charge is 0.457 e. The smallest absolute Gasteiger partial charge is 0.338 e. The normalized spacial score (nSPS) is 14.6. The first-order valence-electron chi connectivity index (χ1n) is 9.65. The fraction of sp³-hybridized carbons (Fsp3) is 0.391. The quantitative estimate of drug-likeness (QED) is 0.420. The molecule has 0 bridgehead atoms.